The molecular weight excluding hydrogens is 456 g/mol. The van der Waals surface area contributed by atoms with Gasteiger partial charge in [-0.15, -0.1) is 5.10 Å². The number of carbonyl (C=O) groups excluding carboxylic acids is 3. The third kappa shape index (κ3) is 3.49. The number of fused-ring (bicyclic) bond motifs is 3. The Morgan fingerprint density at radius 2 is 1.85 bits per heavy atom. The smallest absolute Gasteiger partial charge is 0.270 e. The van der Waals surface area contributed by atoms with Crippen LogP contribution in [0.3, 0.4) is 0 Å². The topological polar surface area (TPSA) is 101 Å². The predicted octanol–water partition coefficient (Wildman–Crippen LogP) is 2.81. The monoisotopic (exact) mass is 480 g/mol. The van der Waals surface area contributed by atoms with Crippen LogP contribution in [0.1, 0.15) is 32.3 Å². The zero-order valence-electron chi connectivity index (χ0n) is 18.8. The maximum Gasteiger partial charge on any atom is 0.270 e. The molecule has 2 aromatic carbocycles. The number of thioether (sulfide) groups is 1. The molecule has 0 fully saturated rings. The van der Waals surface area contributed by atoms with E-state index in [9.17, 15) is 14.4 Å². The van der Waals surface area contributed by atoms with Crippen molar-refractivity contribution in [2.24, 2.45) is 5.10 Å². The zero-order chi connectivity index (χ0) is 23.9. The second-order valence-electron chi connectivity index (χ2n) is 8.04. The summed E-state index contributed by atoms with van der Waals surface area (Å²) < 4.78 is 11.9. The minimum Gasteiger partial charge on any atom is -0.486 e. The van der Waals surface area contributed by atoms with E-state index in [1.165, 1.54) is 5.01 Å². The van der Waals surface area contributed by atoms with Crippen molar-refractivity contribution in [2.75, 3.05) is 18.1 Å². The molecule has 3 amide bonds. The largest absolute Gasteiger partial charge is 0.486 e. The number of rotatable bonds is 4. The number of amidine groups is 1. The summed E-state index contributed by atoms with van der Waals surface area (Å²) in [6.07, 6.45) is 0.0157. The van der Waals surface area contributed by atoms with Crippen LogP contribution in [0.2, 0.25) is 0 Å². The zero-order valence-corrected chi connectivity index (χ0v) is 19.6. The molecule has 9 nitrogen and oxygen atoms in total. The summed E-state index contributed by atoms with van der Waals surface area (Å²) in [5, 5.41) is 8.53. The van der Waals surface area contributed by atoms with Crippen molar-refractivity contribution in [1.82, 2.24) is 10.3 Å². The van der Waals surface area contributed by atoms with Gasteiger partial charge in [-0.3, -0.25) is 14.4 Å². The molecule has 0 radical (unpaired) electrons. The van der Waals surface area contributed by atoms with Crippen molar-refractivity contribution in [2.45, 2.75) is 37.7 Å². The number of amides is 3. The van der Waals surface area contributed by atoms with E-state index in [1.807, 2.05) is 48.5 Å². The van der Waals surface area contributed by atoms with E-state index in [1.54, 1.807) is 18.7 Å². The molecule has 2 atom stereocenters. The highest BCUT2D eigenvalue weighted by Crippen LogP contribution is 2.54. The van der Waals surface area contributed by atoms with Crippen LogP contribution in [0.25, 0.3) is 0 Å². The van der Waals surface area contributed by atoms with Gasteiger partial charge in [-0.1, -0.05) is 44.2 Å². The minimum atomic E-state index is -1.42. The average Bonchev–Trinajstić information content (AvgIpc) is 3.35. The molecule has 34 heavy (non-hydrogen) atoms. The summed E-state index contributed by atoms with van der Waals surface area (Å²) in [4.78, 5) is 39.2. The Labute approximate surface area is 201 Å². The molecule has 10 heteroatoms. The molecule has 0 aliphatic carbocycles. The summed E-state index contributed by atoms with van der Waals surface area (Å²) in [5.41, 5.74) is 1.32. The van der Waals surface area contributed by atoms with Gasteiger partial charge in [0, 0.05) is 18.4 Å². The molecule has 0 unspecified atom stereocenters. The molecular formula is C24H24N4O5S. The highest BCUT2D eigenvalue weighted by molar-refractivity contribution is 8.15. The van der Waals surface area contributed by atoms with Crippen LogP contribution in [-0.4, -0.2) is 47.2 Å². The summed E-state index contributed by atoms with van der Waals surface area (Å²) in [7, 11) is 0. The fraction of sp³-hybridized carbons (Fsp3) is 0.333. The minimum absolute atomic E-state index is 0.159. The van der Waals surface area contributed by atoms with Gasteiger partial charge in [-0.2, -0.15) is 5.01 Å². The molecule has 0 aromatic heterocycles. The highest BCUT2D eigenvalue weighted by atomic mass is 32.2. The van der Waals surface area contributed by atoms with Crippen LogP contribution in [-0.2, 0) is 19.3 Å². The first-order valence-electron chi connectivity index (χ1n) is 11.2. The maximum atomic E-state index is 14.1. The normalized spacial score (nSPS) is 22.6. The van der Waals surface area contributed by atoms with Crippen LogP contribution in [0.15, 0.2) is 53.6 Å². The first kappa shape index (κ1) is 22.3. The number of benzene rings is 2. The SMILES string of the molecule is CCC(=O)NC1=NN(C(=O)CC)[C@]2(S1)C(=O)N(C[C@@H]1COc3ccccc3O1)c1ccccc12. The van der Waals surface area contributed by atoms with Gasteiger partial charge in [0.1, 0.15) is 6.61 Å². The maximum absolute atomic E-state index is 14.1. The molecule has 0 bridgehead atoms. The van der Waals surface area contributed by atoms with Crippen molar-refractivity contribution in [1.29, 1.82) is 0 Å². The third-order valence-corrected chi connectivity index (χ3v) is 7.13. The molecule has 3 heterocycles. The summed E-state index contributed by atoms with van der Waals surface area (Å²) in [5.74, 6) is 0.421. The van der Waals surface area contributed by atoms with Crippen LogP contribution in [0, 0.1) is 0 Å². The van der Waals surface area contributed by atoms with Crippen molar-refractivity contribution in [3.63, 3.8) is 0 Å². The first-order chi connectivity index (χ1) is 16.5. The van der Waals surface area contributed by atoms with Crippen molar-refractivity contribution < 1.29 is 23.9 Å². The Morgan fingerprint density at radius 1 is 1.12 bits per heavy atom. The van der Waals surface area contributed by atoms with Crippen LogP contribution in [0.4, 0.5) is 5.69 Å². The van der Waals surface area contributed by atoms with Crippen LogP contribution < -0.4 is 19.7 Å². The van der Waals surface area contributed by atoms with Gasteiger partial charge in [0.15, 0.2) is 22.8 Å². The van der Waals surface area contributed by atoms with Gasteiger partial charge in [0.05, 0.1) is 12.2 Å². The molecule has 3 aliphatic heterocycles. The third-order valence-electron chi connectivity index (χ3n) is 5.89. The number of ether oxygens (including phenoxy) is 2. The molecule has 5 rings (SSSR count). The van der Waals surface area contributed by atoms with E-state index >= 15 is 0 Å². The molecule has 3 aliphatic rings. The number of para-hydroxylation sites is 3. The lowest BCUT2D eigenvalue weighted by molar-refractivity contribution is -0.140. The van der Waals surface area contributed by atoms with Crippen molar-refractivity contribution in [3.05, 3.63) is 54.1 Å². The number of hydrogen-bond acceptors (Lipinski definition) is 7. The molecule has 2 aromatic rings. The van der Waals surface area contributed by atoms with Crippen LogP contribution >= 0.6 is 11.8 Å². The van der Waals surface area contributed by atoms with Crippen LogP contribution in [0.5, 0.6) is 11.5 Å². The molecule has 0 saturated heterocycles. The first-order valence-corrected chi connectivity index (χ1v) is 12.0. The number of nitrogens with one attached hydrogen (secondary N) is 1. The second kappa shape index (κ2) is 8.68. The Bertz CT molecular complexity index is 1200. The highest BCUT2D eigenvalue weighted by Gasteiger charge is 2.61. The van der Waals surface area contributed by atoms with Gasteiger partial charge in [-0.25, -0.2) is 0 Å². The average molecular weight is 481 g/mol. The Balaban J connectivity index is 1.49. The van der Waals surface area contributed by atoms with Gasteiger partial charge >= 0.3 is 0 Å². The summed E-state index contributed by atoms with van der Waals surface area (Å²) in [6.45, 7) is 3.96. The van der Waals surface area contributed by atoms with Gasteiger partial charge in [-0.05, 0) is 30.0 Å². The Hall–Kier alpha value is -3.53. The summed E-state index contributed by atoms with van der Waals surface area (Å²) >= 11 is 1.08. The Kier molecular flexibility index (Phi) is 5.68. The quantitative estimate of drug-likeness (QED) is 0.722. The lowest BCUT2D eigenvalue weighted by Gasteiger charge is -2.32. The number of hydrazone groups is 1. The van der Waals surface area contributed by atoms with Crippen molar-refractivity contribution in [3.8, 4) is 11.5 Å². The van der Waals surface area contributed by atoms with Crippen molar-refractivity contribution >= 4 is 40.3 Å². The van der Waals surface area contributed by atoms with E-state index in [0.29, 0.717) is 22.7 Å². The van der Waals surface area contributed by atoms with E-state index < -0.39 is 11.0 Å². The van der Waals surface area contributed by atoms with E-state index in [0.717, 1.165) is 11.8 Å². The number of hydrogen-bond donors (Lipinski definition) is 1. The summed E-state index contributed by atoms with van der Waals surface area (Å²) in [6, 6.07) is 14.7. The standard InChI is InChI=1S/C24H24N4O5S/c1-3-20(29)25-23-26-28(21(30)4-2)24(34-23)16-9-5-6-10-17(16)27(22(24)31)13-15-14-32-18-11-7-8-12-19(18)33-15/h5-12,15H,3-4,13-14H2,1-2H3,(H,25,26,29)/t15-,24-/m1/s1. The fourth-order valence-corrected chi connectivity index (χ4v) is 5.52. The second-order valence-corrected chi connectivity index (χ2v) is 9.22. The molecule has 0 saturated carbocycles. The lowest BCUT2D eigenvalue weighted by atomic mass is 10.1. The molecule has 1 spiro atoms. The Morgan fingerprint density at radius 3 is 2.62 bits per heavy atom. The molecule has 1 N–H and O–H groups in total. The number of carbonyl (C=O) groups is 3. The van der Waals surface area contributed by atoms with E-state index in [4.69, 9.17) is 9.47 Å². The fourth-order valence-electron chi connectivity index (χ4n) is 4.25. The van der Waals surface area contributed by atoms with Gasteiger partial charge < -0.3 is 19.7 Å². The lowest BCUT2D eigenvalue weighted by Crippen LogP contribution is -2.51. The predicted molar refractivity (Wildman–Crippen MR) is 127 cm³/mol. The van der Waals surface area contributed by atoms with Gasteiger partial charge in [0.2, 0.25) is 16.7 Å². The molecule has 176 valence electrons. The van der Waals surface area contributed by atoms with Gasteiger partial charge in [0.25, 0.3) is 5.91 Å². The van der Waals surface area contributed by atoms with E-state index in [-0.39, 0.29) is 48.9 Å². The van der Waals surface area contributed by atoms with E-state index in [2.05, 4.69) is 10.4 Å². The number of anilines is 1. The number of nitrogens with zero attached hydrogens (tertiary/aromatic N) is 3.